The molecule has 0 unspecified atom stereocenters. The van der Waals surface area contributed by atoms with E-state index in [0.29, 0.717) is 18.5 Å². The van der Waals surface area contributed by atoms with Gasteiger partial charge < -0.3 is 10.0 Å². The van der Waals surface area contributed by atoms with E-state index >= 15 is 0 Å². The molecule has 20 heavy (non-hydrogen) atoms. The predicted molar refractivity (Wildman–Crippen MR) is 68.9 cm³/mol. The lowest BCUT2D eigenvalue weighted by Gasteiger charge is -2.23. The van der Waals surface area contributed by atoms with Crippen LogP contribution in [-0.4, -0.2) is 25.2 Å². The van der Waals surface area contributed by atoms with Crippen LogP contribution < -0.4 is 4.90 Å². The molecule has 1 aromatic carbocycles. The van der Waals surface area contributed by atoms with Crippen molar-refractivity contribution in [3.05, 3.63) is 29.3 Å². The summed E-state index contributed by atoms with van der Waals surface area (Å²) < 4.78 is 39.3. The van der Waals surface area contributed by atoms with Crippen LogP contribution in [0, 0.1) is 0 Å². The smallest absolute Gasteiger partial charge is 0.416 e. The second kappa shape index (κ2) is 4.68. The summed E-state index contributed by atoms with van der Waals surface area (Å²) in [4.78, 5) is 12.6. The van der Waals surface area contributed by atoms with Gasteiger partial charge in [-0.05, 0) is 36.6 Å². The fourth-order valence-corrected chi connectivity index (χ4v) is 2.48. The van der Waals surface area contributed by atoms with E-state index in [1.165, 1.54) is 12.1 Å². The molecule has 0 atom stereocenters. The normalized spacial score (nSPS) is 16.9. The van der Waals surface area contributed by atoms with Gasteiger partial charge >= 0.3 is 12.1 Å². The lowest BCUT2D eigenvalue weighted by molar-refractivity contribution is -0.141. The molecule has 110 valence electrons. The van der Waals surface area contributed by atoms with E-state index in [-0.39, 0.29) is 12.0 Å². The second-order valence-corrected chi connectivity index (χ2v) is 5.47. The Labute approximate surface area is 115 Å². The quantitative estimate of drug-likeness (QED) is 0.924. The molecule has 1 saturated carbocycles. The van der Waals surface area contributed by atoms with Gasteiger partial charge in [0.05, 0.1) is 12.0 Å². The number of carbonyl (C=O) groups is 1. The minimum atomic E-state index is -4.46. The third-order valence-electron chi connectivity index (χ3n) is 3.74. The molecule has 0 radical (unpaired) electrons. The Morgan fingerprint density at radius 3 is 2.35 bits per heavy atom. The van der Waals surface area contributed by atoms with E-state index in [0.717, 1.165) is 6.07 Å². The first kappa shape index (κ1) is 14.7. The number of hydrogen-bond acceptors (Lipinski definition) is 2. The Hall–Kier alpha value is -1.72. The minimum Gasteiger partial charge on any atom is -0.481 e. The van der Waals surface area contributed by atoms with Crippen molar-refractivity contribution >= 4 is 11.7 Å². The number of aliphatic carboxylic acids is 1. The number of carboxylic acids is 1. The minimum absolute atomic E-state index is 0.110. The summed E-state index contributed by atoms with van der Waals surface area (Å²) in [6.07, 6.45) is -3.75. The first-order valence-corrected chi connectivity index (χ1v) is 6.26. The first-order valence-electron chi connectivity index (χ1n) is 6.26. The highest BCUT2D eigenvalue weighted by atomic mass is 19.4. The standard InChI is InChI=1S/C14H16F3NO2/c1-18(2)9-3-4-10(14(15,16)17)11(7-9)13(5-6-13)8-12(19)20/h3-4,7H,5-6,8H2,1-2H3,(H,19,20). The maximum Gasteiger partial charge on any atom is 0.416 e. The zero-order valence-electron chi connectivity index (χ0n) is 11.3. The highest BCUT2D eigenvalue weighted by molar-refractivity contribution is 5.71. The Kier molecular flexibility index (Phi) is 3.44. The van der Waals surface area contributed by atoms with E-state index in [2.05, 4.69) is 0 Å². The predicted octanol–water partition coefficient (Wildman–Crippen LogP) is 3.28. The molecular weight excluding hydrogens is 271 g/mol. The van der Waals surface area contributed by atoms with Crippen molar-refractivity contribution in [1.82, 2.24) is 0 Å². The van der Waals surface area contributed by atoms with Crippen LogP contribution in [-0.2, 0) is 16.4 Å². The number of benzene rings is 1. The summed E-state index contributed by atoms with van der Waals surface area (Å²) in [5.74, 6) is -1.06. The summed E-state index contributed by atoms with van der Waals surface area (Å²) in [6.45, 7) is 0. The van der Waals surface area contributed by atoms with Crippen LogP contribution in [0.3, 0.4) is 0 Å². The van der Waals surface area contributed by atoms with Crippen molar-refractivity contribution in [1.29, 1.82) is 0 Å². The maximum absolute atomic E-state index is 13.1. The van der Waals surface area contributed by atoms with Crippen molar-refractivity contribution in [2.24, 2.45) is 0 Å². The van der Waals surface area contributed by atoms with Crippen LogP contribution in [0.1, 0.15) is 30.4 Å². The van der Waals surface area contributed by atoms with Gasteiger partial charge in [-0.2, -0.15) is 13.2 Å². The summed E-state index contributed by atoms with van der Waals surface area (Å²) in [7, 11) is 3.48. The third kappa shape index (κ3) is 2.73. The van der Waals surface area contributed by atoms with Crippen LogP contribution in [0.4, 0.5) is 18.9 Å². The number of halogens is 3. The zero-order chi connectivity index (χ0) is 15.1. The summed E-state index contributed by atoms with van der Waals surface area (Å²) >= 11 is 0. The van der Waals surface area contributed by atoms with Crippen LogP contribution in [0.5, 0.6) is 0 Å². The van der Waals surface area contributed by atoms with E-state index in [9.17, 15) is 18.0 Å². The fourth-order valence-electron chi connectivity index (χ4n) is 2.48. The second-order valence-electron chi connectivity index (χ2n) is 5.47. The molecule has 0 aromatic heterocycles. The third-order valence-corrected chi connectivity index (χ3v) is 3.74. The highest BCUT2D eigenvalue weighted by Gasteiger charge is 2.50. The Balaban J connectivity index is 2.53. The SMILES string of the molecule is CN(C)c1ccc(C(F)(F)F)c(C2(CC(=O)O)CC2)c1. The highest BCUT2D eigenvalue weighted by Crippen LogP contribution is 2.54. The van der Waals surface area contributed by atoms with Crippen molar-refractivity contribution in [2.45, 2.75) is 30.9 Å². The summed E-state index contributed by atoms with van der Waals surface area (Å²) in [5, 5.41) is 8.93. The molecule has 0 aliphatic heterocycles. The van der Waals surface area contributed by atoms with Gasteiger partial charge in [0, 0.05) is 25.2 Å². The van der Waals surface area contributed by atoms with Gasteiger partial charge in [0.1, 0.15) is 0 Å². The number of hydrogen-bond donors (Lipinski definition) is 1. The monoisotopic (exact) mass is 287 g/mol. The molecule has 1 fully saturated rings. The van der Waals surface area contributed by atoms with Gasteiger partial charge in [-0.1, -0.05) is 0 Å². The Morgan fingerprint density at radius 1 is 1.35 bits per heavy atom. The molecule has 1 aliphatic rings. The molecule has 1 aromatic rings. The van der Waals surface area contributed by atoms with E-state index in [4.69, 9.17) is 5.11 Å². The molecule has 3 nitrogen and oxygen atoms in total. The van der Waals surface area contributed by atoms with Crippen LogP contribution in [0.15, 0.2) is 18.2 Å². The van der Waals surface area contributed by atoms with E-state index in [1.54, 1.807) is 19.0 Å². The average molecular weight is 287 g/mol. The van der Waals surface area contributed by atoms with Crippen LogP contribution >= 0.6 is 0 Å². The number of alkyl halides is 3. The summed E-state index contributed by atoms with van der Waals surface area (Å²) in [5.41, 5.74) is -0.826. The molecule has 2 rings (SSSR count). The van der Waals surface area contributed by atoms with Crippen molar-refractivity contribution in [3.63, 3.8) is 0 Å². The molecule has 0 amide bonds. The molecule has 0 heterocycles. The largest absolute Gasteiger partial charge is 0.481 e. The van der Waals surface area contributed by atoms with Gasteiger partial charge in [0.15, 0.2) is 0 Å². The van der Waals surface area contributed by atoms with Crippen LogP contribution in [0.25, 0.3) is 0 Å². The zero-order valence-corrected chi connectivity index (χ0v) is 11.3. The van der Waals surface area contributed by atoms with Gasteiger partial charge in [0.25, 0.3) is 0 Å². The lowest BCUT2D eigenvalue weighted by atomic mass is 9.87. The molecule has 1 aliphatic carbocycles. The van der Waals surface area contributed by atoms with E-state index in [1.807, 2.05) is 0 Å². The number of rotatable bonds is 4. The van der Waals surface area contributed by atoms with Crippen molar-refractivity contribution in [2.75, 3.05) is 19.0 Å². The molecule has 0 bridgehead atoms. The van der Waals surface area contributed by atoms with Gasteiger partial charge in [0.2, 0.25) is 0 Å². The molecule has 0 spiro atoms. The van der Waals surface area contributed by atoms with Crippen molar-refractivity contribution in [3.8, 4) is 0 Å². The number of nitrogens with zero attached hydrogens (tertiary/aromatic N) is 1. The van der Waals surface area contributed by atoms with Gasteiger partial charge in [-0.25, -0.2) is 0 Å². The molecule has 0 saturated heterocycles. The Bertz CT molecular complexity index is 534. The maximum atomic E-state index is 13.1. The topological polar surface area (TPSA) is 40.5 Å². The van der Waals surface area contributed by atoms with Crippen molar-refractivity contribution < 1.29 is 23.1 Å². The first-order chi connectivity index (χ1) is 9.16. The Morgan fingerprint density at radius 2 is 1.95 bits per heavy atom. The average Bonchev–Trinajstić information content (AvgIpc) is 3.07. The summed E-state index contributed by atoms with van der Waals surface area (Å²) in [6, 6.07) is 3.93. The number of carboxylic acid groups (broad SMARTS) is 1. The lowest BCUT2D eigenvalue weighted by Crippen LogP contribution is -2.20. The van der Waals surface area contributed by atoms with Gasteiger partial charge in [-0.3, -0.25) is 4.79 Å². The van der Waals surface area contributed by atoms with Crippen LogP contribution in [0.2, 0.25) is 0 Å². The molecule has 6 heteroatoms. The van der Waals surface area contributed by atoms with E-state index < -0.39 is 23.1 Å². The van der Waals surface area contributed by atoms with Gasteiger partial charge in [-0.15, -0.1) is 0 Å². The fraction of sp³-hybridized carbons (Fsp3) is 0.500. The molecular formula is C14H16F3NO2. The molecule has 1 N–H and O–H groups in total. The number of anilines is 1.